The predicted molar refractivity (Wildman–Crippen MR) is 154 cm³/mol. The van der Waals surface area contributed by atoms with Gasteiger partial charge in [0, 0.05) is 42.0 Å². The van der Waals surface area contributed by atoms with Gasteiger partial charge in [-0.1, -0.05) is 19.1 Å². The van der Waals surface area contributed by atoms with Crippen molar-refractivity contribution in [3.05, 3.63) is 76.3 Å². The molecular formula is C29H31N5O4S. The lowest BCUT2D eigenvalue weighted by Gasteiger charge is -2.18. The van der Waals surface area contributed by atoms with E-state index in [-0.39, 0.29) is 11.8 Å². The van der Waals surface area contributed by atoms with Crippen LogP contribution in [0.25, 0.3) is 10.2 Å². The Balaban J connectivity index is 1.24. The van der Waals surface area contributed by atoms with Gasteiger partial charge in [0.15, 0.2) is 11.5 Å². The zero-order valence-electron chi connectivity index (χ0n) is 21.9. The molecule has 2 amide bonds. The molecule has 0 atom stereocenters. The number of aromatic nitrogens is 1. The zero-order valence-corrected chi connectivity index (χ0v) is 22.7. The van der Waals surface area contributed by atoms with Gasteiger partial charge in [-0.05, 0) is 61.5 Å². The number of nitrogens with zero attached hydrogens (tertiary/aromatic N) is 1. The van der Waals surface area contributed by atoms with Crippen LogP contribution in [0.15, 0.2) is 54.6 Å². The fourth-order valence-corrected chi connectivity index (χ4v) is 5.09. The molecule has 0 spiro atoms. The molecule has 0 saturated carbocycles. The van der Waals surface area contributed by atoms with Crippen molar-refractivity contribution < 1.29 is 19.1 Å². The topological polar surface area (TPSA) is 114 Å². The summed E-state index contributed by atoms with van der Waals surface area (Å²) in [7, 11) is 0. The van der Waals surface area contributed by atoms with Crippen molar-refractivity contribution in [3.8, 4) is 11.5 Å². The third-order valence-corrected chi connectivity index (χ3v) is 7.29. The van der Waals surface area contributed by atoms with Crippen molar-refractivity contribution in [1.29, 1.82) is 0 Å². The summed E-state index contributed by atoms with van der Waals surface area (Å²) >= 11 is 1.36. The highest BCUT2D eigenvalue weighted by atomic mass is 32.1. The number of amides is 2. The minimum absolute atomic E-state index is 0.221. The average Bonchev–Trinajstić information content (AvgIpc) is 3.38. The first kappa shape index (κ1) is 26.6. The van der Waals surface area contributed by atoms with E-state index in [9.17, 15) is 9.59 Å². The lowest BCUT2D eigenvalue weighted by Crippen LogP contribution is -2.26. The molecule has 4 aromatic rings. The van der Waals surface area contributed by atoms with Crippen molar-refractivity contribution in [3.63, 3.8) is 0 Å². The van der Waals surface area contributed by atoms with Gasteiger partial charge < -0.3 is 30.7 Å². The maximum absolute atomic E-state index is 13.1. The summed E-state index contributed by atoms with van der Waals surface area (Å²) in [6, 6.07) is 16.3. The summed E-state index contributed by atoms with van der Waals surface area (Å²) < 4.78 is 11.1. The second kappa shape index (κ2) is 12.2. The quantitative estimate of drug-likeness (QED) is 0.216. The molecule has 0 bridgehead atoms. The number of benzene rings is 2. The van der Waals surface area contributed by atoms with Crippen molar-refractivity contribution in [2.45, 2.75) is 20.4 Å². The molecule has 2 aromatic carbocycles. The van der Waals surface area contributed by atoms with Crippen molar-refractivity contribution >= 4 is 44.7 Å². The number of carbonyl (C=O) groups is 2. The predicted octanol–water partition coefficient (Wildman–Crippen LogP) is 4.58. The first-order chi connectivity index (χ1) is 19.0. The fourth-order valence-electron chi connectivity index (χ4n) is 4.14. The molecule has 0 aliphatic carbocycles. The number of hydrogen-bond acceptors (Lipinski definition) is 8. The summed E-state index contributed by atoms with van der Waals surface area (Å²) in [5.41, 5.74) is 3.46. The van der Waals surface area contributed by atoms with Crippen LogP contribution >= 0.6 is 11.3 Å². The molecule has 4 N–H and O–H groups in total. The Morgan fingerprint density at radius 1 is 0.897 bits per heavy atom. The highest BCUT2D eigenvalue weighted by Gasteiger charge is 2.17. The van der Waals surface area contributed by atoms with Crippen LogP contribution in [0.4, 0.5) is 11.4 Å². The number of hydrogen-bond donors (Lipinski definition) is 4. The summed E-state index contributed by atoms with van der Waals surface area (Å²) in [4.78, 5) is 32.1. The second-order valence-corrected chi connectivity index (χ2v) is 10.2. The molecule has 5 rings (SSSR count). The van der Waals surface area contributed by atoms with E-state index in [1.165, 1.54) is 11.3 Å². The third-order valence-electron chi connectivity index (χ3n) is 6.25. The zero-order chi connectivity index (χ0) is 27.2. The molecule has 10 heteroatoms. The minimum Gasteiger partial charge on any atom is -0.486 e. The van der Waals surface area contributed by atoms with Gasteiger partial charge in [0.2, 0.25) is 0 Å². The van der Waals surface area contributed by atoms with E-state index in [0.717, 1.165) is 41.1 Å². The monoisotopic (exact) mass is 545 g/mol. The number of anilines is 2. The van der Waals surface area contributed by atoms with Crippen LogP contribution in [-0.4, -0.2) is 49.6 Å². The van der Waals surface area contributed by atoms with Crippen molar-refractivity contribution in [1.82, 2.24) is 15.6 Å². The Morgan fingerprint density at radius 3 is 2.56 bits per heavy atom. The molecule has 0 unspecified atom stereocenters. The fraction of sp³-hybridized carbons (Fsp3) is 0.276. The molecule has 9 nitrogen and oxygen atoms in total. The lowest BCUT2D eigenvalue weighted by atomic mass is 10.1. The molecule has 1 aliphatic heterocycles. The molecule has 39 heavy (non-hydrogen) atoms. The summed E-state index contributed by atoms with van der Waals surface area (Å²) in [6.07, 6.45) is 0. The highest BCUT2D eigenvalue weighted by molar-refractivity contribution is 7.20. The third kappa shape index (κ3) is 6.54. The smallest absolute Gasteiger partial charge is 0.265 e. The Hall–Kier alpha value is -3.99. The number of thiophene rings is 1. The maximum atomic E-state index is 13.1. The summed E-state index contributed by atoms with van der Waals surface area (Å²) in [5.74, 6) is 0.677. The lowest BCUT2D eigenvalue weighted by molar-refractivity contribution is 0.102. The van der Waals surface area contributed by atoms with Crippen LogP contribution in [0.3, 0.4) is 0 Å². The van der Waals surface area contributed by atoms with E-state index >= 15 is 0 Å². The molecule has 1 aliphatic rings. The number of nitrogens with one attached hydrogen (secondary N) is 4. The van der Waals surface area contributed by atoms with Gasteiger partial charge in [-0.15, -0.1) is 11.3 Å². The molecule has 0 saturated heterocycles. The molecule has 202 valence electrons. The normalized spacial score (nSPS) is 12.4. The Morgan fingerprint density at radius 2 is 1.72 bits per heavy atom. The summed E-state index contributed by atoms with van der Waals surface area (Å²) in [5, 5.41) is 13.5. The Labute approximate surface area is 230 Å². The van der Waals surface area contributed by atoms with Crippen LogP contribution in [0.2, 0.25) is 0 Å². The number of fused-ring (bicyclic) bond motifs is 2. The van der Waals surface area contributed by atoms with Gasteiger partial charge in [-0.2, -0.15) is 0 Å². The number of ether oxygens (including phenoxy) is 2. The number of aryl methyl sites for hydroxylation is 1. The number of carbonyl (C=O) groups excluding carboxylic acids is 2. The first-order valence-electron chi connectivity index (χ1n) is 12.9. The van der Waals surface area contributed by atoms with E-state index in [4.69, 9.17) is 14.5 Å². The molecule has 0 fully saturated rings. The van der Waals surface area contributed by atoms with E-state index in [1.807, 2.05) is 31.2 Å². The second-order valence-electron chi connectivity index (χ2n) is 9.13. The maximum Gasteiger partial charge on any atom is 0.265 e. The van der Waals surface area contributed by atoms with E-state index in [1.54, 1.807) is 30.3 Å². The van der Waals surface area contributed by atoms with Gasteiger partial charge in [0.05, 0.1) is 10.6 Å². The van der Waals surface area contributed by atoms with Crippen LogP contribution in [0.5, 0.6) is 11.5 Å². The number of likely N-dealkylation sites (N-methyl/N-ethyl adjacent to an activating group) is 1. The largest absolute Gasteiger partial charge is 0.486 e. The van der Waals surface area contributed by atoms with Crippen molar-refractivity contribution in [2.75, 3.05) is 43.5 Å². The standard InChI is InChI=1S/C29H31N5O4S/c1-3-30-10-11-31-17-22-8-5-20-15-26(39-29(20)33-22)28(36)34-23-16-21(7-4-18(23)2)32-27(35)19-6-9-24-25(14-19)38-13-12-37-24/h4-9,14-16,30-31H,3,10-13,17H2,1-2H3,(H,32,35)(H,34,36). The SMILES string of the molecule is CCNCCNCc1ccc2cc(C(=O)Nc3cc(NC(=O)c4ccc5c(c4)OCCO5)ccc3C)sc2n1. The number of pyridine rings is 1. The van der Waals surface area contributed by atoms with E-state index in [0.29, 0.717) is 53.1 Å². The Bertz CT molecular complexity index is 1500. The molecular weight excluding hydrogens is 514 g/mol. The van der Waals surface area contributed by atoms with Gasteiger partial charge in [-0.3, -0.25) is 9.59 Å². The molecule has 0 radical (unpaired) electrons. The van der Waals surface area contributed by atoms with Crippen LogP contribution in [0.1, 0.15) is 38.2 Å². The Kier molecular flexibility index (Phi) is 8.36. The van der Waals surface area contributed by atoms with Crippen molar-refractivity contribution in [2.24, 2.45) is 0 Å². The van der Waals surface area contributed by atoms with Crippen LogP contribution in [0, 0.1) is 6.92 Å². The average molecular weight is 546 g/mol. The van der Waals surface area contributed by atoms with Crippen LogP contribution < -0.4 is 30.7 Å². The minimum atomic E-state index is -0.282. The van der Waals surface area contributed by atoms with Gasteiger partial charge in [-0.25, -0.2) is 4.98 Å². The molecule has 2 aromatic heterocycles. The first-order valence-corrected chi connectivity index (χ1v) is 13.8. The van der Waals surface area contributed by atoms with Gasteiger partial charge >= 0.3 is 0 Å². The highest BCUT2D eigenvalue weighted by Crippen LogP contribution is 2.31. The van der Waals surface area contributed by atoms with Gasteiger partial charge in [0.1, 0.15) is 18.0 Å². The van der Waals surface area contributed by atoms with Crippen LogP contribution in [-0.2, 0) is 6.54 Å². The number of rotatable bonds is 10. The summed E-state index contributed by atoms with van der Waals surface area (Å²) in [6.45, 7) is 8.32. The molecule has 3 heterocycles. The van der Waals surface area contributed by atoms with E-state index < -0.39 is 0 Å². The van der Waals surface area contributed by atoms with Gasteiger partial charge in [0.25, 0.3) is 11.8 Å². The van der Waals surface area contributed by atoms with E-state index in [2.05, 4.69) is 28.2 Å².